The summed E-state index contributed by atoms with van der Waals surface area (Å²) in [6.07, 6.45) is 3.02. The summed E-state index contributed by atoms with van der Waals surface area (Å²) in [6.45, 7) is 1.48. The lowest BCUT2D eigenvalue weighted by Gasteiger charge is -2.32. The molecular weight excluding hydrogens is 336 g/mol. The molecule has 0 radical (unpaired) electrons. The quantitative estimate of drug-likeness (QED) is 0.783. The third kappa shape index (κ3) is 4.26. The molecule has 1 N–H and O–H groups in total. The number of amides is 1. The van der Waals surface area contributed by atoms with Gasteiger partial charge in [0.25, 0.3) is 5.91 Å². The summed E-state index contributed by atoms with van der Waals surface area (Å²) in [5.41, 5.74) is -0.705. The molecular formula is C19H24N2O5. The maximum Gasteiger partial charge on any atom is 0.342 e. The molecule has 1 atom stereocenters. The van der Waals surface area contributed by atoms with E-state index in [4.69, 9.17) is 14.2 Å². The van der Waals surface area contributed by atoms with Gasteiger partial charge in [-0.2, -0.15) is 5.26 Å². The highest BCUT2D eigenvalue weighted by Crippen LogP contribution is 2.31. The number of carbonyl (C=O) groups is 2. The first-order valence-electron chi connectivity index (χ1n) is 8.61. The molecule has 0 heterocycles. The van der Waals surface area contributed by atoms with Crippen molar-refractivity contribution in [1.82, 2.24) is 5.32 Å². The predicted molar refractivity (Wildman–Crippen MR) is 94.0 cm³/mol. The fourth-order valence-corrected chi connectivity index (χ4v) is 3.08. The lowest BCUT2D eigenvalue weighted by Crippen LogP contribution is -2.52. The van der Waals surface area contributed by atoms with Gasteiger partial charge in [0.2, 0.25) is 0 Å². The van der Waals surface area contributed by atoms with E-state index >= 15 is 0 Å². The molecule has 1 saturated carbocycles. The van der Waals surface area contributed by atoms with Crippen LogP contribution in [0.25, 0.3) is 0 Å². The second kappa shape index (κ2) is 8.56. The molecule has 1 unspecified atom stereocenters. The molecule has 26 heavy (non-hydrogen) atoms. The van der Waals surface area contributed by atoms with Crippen LogP contribution in [0.2, 0.25) is 0 Å². The molecule has 0 aromatic heterocycles. The van der Waals surface area contributed by atoms with Crippen LogP contribution in [0.5, 0.6) is 11.5 Å². The second-order valence-electron chi connectivity index (χ2n) is 6.33. The Morgan fingerprint density at radius 3 is 2.46 bits per heavy atom. The number of nitrogens with zero attached hydrogens (tertiary/aromatic N) is 1. The average Bonchev–Trinajstić information content (AvgIpc) is 2.67. The van der Waals surface area contributed by atoms with Gasteiger partial charge in [-0.1, -0.05) is 25.3 Å². The van der Waals surface area contributed by atoms with Crippen molar-refractivity contribution >= 4 is 11.9 Å². The monoisotopic (exact) mass is 360 g/mol. The minimum absolute atomic E-state index is 0.166. The Morgan fingerprint density at radius 1 is 1.19 bits per heavy atom. The number of esters is 1. The number of hydrogen-bond acceptors (Lipinski definition) is 6. The van der Waals surface area contributed by atoms with Crippen molar-refractivity contribution in [2.45, 2.75) is 50.7 Å². The van der Waals surface area contributed by atoms with E-state index in [0.717, 1.165) is 19.3 Å². The Hall–Kier alpha value is -2.75. The average molecular weight is 360 g/mol. The topological polar surface area (TPSA) is 97.6 Å². The van der Waals surface area contributed by atoms with E-state index in [0.29, 0.717) is 18.6 Å². The van der Waals surface area contributed by atoms with Gasteiger partial charge in [-0.05, 0) is 31.9 Å². The first-order chi connectivity index (χ1) is 12.5. The Labute approximate surface area is 153 Å². The van der Waals surface area contributed by atoms with Gasteiger partial charge in [0.05, 0.1) is 20.3 Å². The van der Waals surface area contributed by atoms with Gasteiger partial charge >= 0.3 is 5.97 Å². The largest absolute Gasteiger partial charge is 0.493 e. The van der Waals surface area contributed by atoms with Crippen LogP contribution in [-0.2, 0) is 9.53 Å². The van der Waals surface area contributed by atoms with E-state index in [1.54, 1.807) is 12.1 Å². The van der Waals surface area contributed by atoms with Gasteiger partial charge in [-0.25, -0.2) is 4.79 Å². The molecule has 1 aromatic carbocycles. The van der Waals surface area contributed by atoms with E-state index in [2.05, 4.69) is 11.4 Å². The van der Waals surface area contributed by atoms with Crippen molar-refractivity contribution in [2.24, 2.45) is 0 Å². The normalized spacial score (nSPS) is 16.7. The van der Waals surface area contributed by atoms with Crippen molar-refractivity contribution in [3.05, 3.63) is 23.8 Å². The van der Waals surface area contributed by atoms with Crippen molar-refractivity contribution < 1.29 is 23.8 Å². The fraction of sp³-hybridized carbons (Fsp3) is 0.526. The van der Waals surface area contributed by atoms with Crippen molar-refractivity contribution in [3.8, 4) is 17.6 Å². The zero-order valence-electron chi connectivity index (χ0n) is 15.3. The number of rotatable bonds is 6. The van der Waals surface area contributed by atoms with Gasteiger partial charge in [-0.15, -0.1) is 0 Å². The van der Waals surface area contributed by atoms with E-state index in [-0.39, 0.29) is 11.3 Å². The van der Waals surface area contributed by atoms with Gasteiger partial charge in [0.15, 0.2) is 17.6 Å². The first kappa shape index (κ1) is 19.6. The number of nitriles is 1. The van der Waals surface area contributed by atoms with E-state index in [1.165, 1.54) is 27.2 Å². The number of hydrogen-bond donors (Lipinski definition) is 1. The molecule has 0 aliphatic heterocycles. The molecule has 1 amide bonds. The SMILES string of the molecule is COc1cccc(C(=O)OC(C)C(=O)NC2(C#N)CCCCC2)c1OC. The summed E-state index contributed by atoms with van der Waals surface area (Å²) in [4.78, 5) is 24.9. The summed E-state index contributed by atoms with van der Waals surface area (Å²) < 4.78 is 15.7. The summed E-state index contributed by atoms with van der Waals surface area (Å²) in [5, 5.41) is 12.2. The number of nitrogens with one attached hydrogen (secondary N) is 1. The number of ether oxygens (including phenoxy) is 3. The van der Waals surface area contributed by atoms with Crippen LogP contribution in [0.3, 0.4) is 0 Å². The van der Waals surface area contributed by atoms with Crippen molar-refractivity contribution in [3.63, 3.8) is 0 Å². The Bertz CT molecular complexity index is 704. The minimum atomic E-state index is -1.04. The lowest BCUT2D eigenvalue weighted by molar-refractivity contribution is -0.130. The predicted octanol–water partition coefficient (Wildman–Crippen LogP) is 2.59. The van der Waals surface area contributed by atoms with E-state index in [1.807, 2.05) is 0 Å². The van der Waals surface area contributed by atoms with Crippen LogP contribution in [0.15, 0.2) is 18.2 Å². The maximum absolute atomic E-state index is 12.4. The van der Waals surface area contributed by atoms with Crippen LogP contribution in [-0.4, -0.2) is 37.7 Å². The summed E-state index contributed by atoms with van der Waals surface area (Å²) in [6, 6.07) is 7.04. The Balaban J connectivity index is 2.07. The lowest BCUT2D eigenvalue weighted by atomic mass is 9.83. The highest BCUT2D eigenvalue weighted by atomic mass is 16.6. The Morgan fingerprint density at radius 2 is 1.88 bits per heavy atom. The molecule has 2 rings (SSSR count). The minimum Gasteiger partial charge on any atom is -0.493 e. The second-order valence-corrected chi connectivity index (χ2v) is 6.33. The zero-order valence-corrected chi connectivity index (χ0v) is 15.3. The summed E-state index contributed by atoms with van der Waals surface area (Å²) >= 11 is 0. The third-order valence-electron chi connectivity index (χ3n) is 4.56. The number of benzene rings is 1. The van der Waals surface area contributed by atoms with Gasteiger partial charge in [0.1, 0.15) is 11.1 Å². The van der Waals surface area contributed by atoms with Crippen LogP contribution in [0.1, 0.15) is 49.4 Å². The third-order valence-corrected chi connectivity index (χ3v) is 4.56. The van der Waals surface area contributed by atoms with Crippen LogP contribution >= 0.6 is 0 Å². The Kier molecular flexibility index (Phi) is 6.45. The van der Waals surface area contributed by atoms with Crippen LogP contribution in [0.4, 0.5) is 0 Å². The molecule has 1 aromatic rings. The highest BCUT2D eigenvalue weighted by Gasteiger charge is 2.35. The van der Waals surface area contributed by atoms with Gasteiger partial charge < -0.3 is 19.5 Å². The van der Waals surface area contributed by atoms with Crippen LogP contribution in [0, 0.1) is 11.3 Å². The molecule has 0 spiro atoms. The number of carbonyl (C=O) groups excluding carboxylic acids is 2. The highest BCUT2D eigenvalue weighted by molar-refractivity contribution is 5.95. The molecule has 1 aliphatic rings. The molecule has 0 saturated heterocycles. The molecule has 1 fully saturated rings. The van der Waals surface area contributed by atoms with Gasteiger partial charge in [0, 0.05) is 0 Å². The number of methoxy groups -OCH3 is 2. The molecule has 0 bridgehead atoms. The molecule has 7 heteroatoms. The van der Waals surface area contributed by atoms with Crippen molar-refractivity contribution in [2.75, 3.05) is 14.2 Å². The maximum atomic E-state index is 12.4. The fourth-order valence-electron chi connectivity index (χ4n) is 3.08. The molecule has 140 valence electrons. The van der Waals surface area contributed by atoms with Gasteiger partial charge in [-0.3, -0.25) is 4.79 Å². The first-order valence-corrected chi connectivity index (χ1v) is 8.61. The van der Waals surface area contributed by atoms with Crippen molar-refractivity contribution in [1.29, 1.82) is 5.26 Å². The zero-order chi connectivity index (χ0) is 19.2. The van der Waals surface area contributed by atoms with E-state index in [9.17, 15) is 14.9 Å². The molecule has 7 nitrogen and oxygen atoms in total. The standard InChI is InChI=1S/C19H24N2O5/c1-13(17(22)21-19(12-20)10-5-4-6-11-19)26-18(23)14-8-7-9-15(24-2)16(14)25-3/h7-9,13H,4-6,10-11H2,1-3H3,(H,21,22). The summed E-state index contributed by atoms with van der Waals surface area (Å²) in [5.74, 6) is -0.542. The van der Waals surface area contributed by atoms with E-state index < -0.39 is 23.5 Å². The molecule has 1 aliphatic carbocycles. The van der Waals surface area contributed by atoms with Crippen LogP contribution < -0.4 is 14.8 Å². The summed E-state index contributed by atoms with van der Waals surface area (Å²) in [7, 11) is 2.89. The smallest absolute Gasteiger partial charge is 0.342 e. The number of para-hydroxylation sites is 1.